The van der Waals surface area contributed by atoms with Gasteiger partial charge in [0, 0.05) is 6.92 Å². The van der Waals surface area contributed by atoms with E-state index in [9.17, 15) is 0 Å². The Balaban J connectivity index is 2.82. The summed E-state index contributed by atoms with van der Waals surface area (Å²) in [6.07, 6.45) is 4.92. The van der Waals surface area contributed by atoms with Crippen LogP contribution >= 0.6 is 0 Å². The molecule has 0 spiro atoms. The maximum Gasteiger partial charge on any atom is 0.151 e. The van der Waals surface area contributed by atoms with E-state index in [1.807, 2.05) is 0 Å². The molecule has 2 heteroatoms. The molecule has 0 aromatic carbocycles. The van der Waals surface area contributed by atoms with Crippen LogP contribution in [0.5, 0.6) is 0 Å². The van der Waals surface area contributed by atoms with Gasteiger partial charge in [0.05, 0.1) is 0 Å². The van der Waals surface area contributed by atoms with Crippen molar-refractivity contribution < 1.29 is 4.74 Å². The summed E-state index contributed by atoms with van der Waals surface area (Å²) in [4.78, 5) is 0. The molecule has 1 N–H and O–H groups in total. The Hall–Kier alpha value is -0.680. The molecule has 0 aliphatic carbocycles. The number of nitrogens with one attached hydrogen (secondary N) is 1. The van der Waals surface area contributed by atoms with Crippen molar-refractivity contribution in [1.82, 2.24) is 5.32 Å². The summed E-state index contributed by atoms with van der Waals surface area (Å²) in [6, 6.07) is 0. The molecule has 0 heterocycles. The second-order valence-electron chi connectivity index (χ2n) is 1.99. The minimum absolute atomic E-state index is 0.542. The van der Waals surface area contributed by atoms with Gasteiger partial charge in [-0.25, -0.2) is 0 Å². The van der Waals surface area contributed by atoms with Crippen molar-refractivity contribution in [3.8, 4) is 12.0 Å². The summed E-state index contributed by atoms with van der Waals surface area (Å²) in [5.74, 6) is 2.65. The predicted octanol–water partition coefficient (Wildman–Crippen LogP) is 1.33. The lowest BCUT2D eigenvalue weighted by molar-refractivity contribution is 0.246. The standard InChI is InChI=1S/C8H15NO/c1-3-5-6-9-8-10-7-4-2/h9H,3,5-6,8H2,1-2H3. The van der Waals surface area contributed by atoms with Crippen LogP contribution in [0.15, 0.2) is 0 Å². The van der Waals surface area contributed by atoms with Gasteiger partial charge in [0.2, 0.25) is 0 Å². The Morgan fingerprint density at radius 3 is 2.90 bits per heavy atom. The minimum atomic E-state index is 0.542. The normalized spacial score (nSPS) is 8.20. The Labute approximate surface area is 63.0 Å². The molecule has 0 aliphatic rings. The molecule has 0 atom stereocenters. The van der Waals surface area contributed by atoms with E-state index >= 15 is 0 Å². The van der Waals surface area contributed by atoms with Crippen LogP contribution in [-0.2, 0) is 4.74 Å². The molecule has 0 aliphatic heterocycles. The predicted molar refractivity (Wildman–Crippen MR) is 42.3 cm³/mol. The molecular formula is C8H15NO. The topological polar surface area (TPSA) is 21.3 Å². The zero-order valence-electron chi connectivity index (χ0n) is 6.74. The zero-order valence-corrected chi connectivity index (χ0v) is 6.74. The monoisotopic (exact) mass is 141 g/mol. The van der Waals surface area contributed by atoms with Crippen molar-refractivity contribution in [3.63, 3.8) is 0 Å². The van der Waals surface area contributed by atoms with Crippen LogP contribution in [0.3, 0.4) is 0 Å². The van der Waals surface area contributed by atoms with Crippen LogP contribution in [0, 0.1) is 12.0 Å². The highest BCUT2D eigenvalue weighted by Crippen LogP contribution is 1.81. The number of rotatable bonds is 5. The zero-order chi connectivity index (χ0) is 7.66. The first-order chi connectivity index (χ1) is 4.91. The lowest BCUT2D eigenvalue weighted by Crippen LogP contribution is -2.17. The summed E-state index contributed by atoms with van der Waals surface area (Å²) in [5, 5.41) is 3.10. The maximum absolute atomic E-state index is 4.86. The van der Waals surface area contributed by atoms with E-state index in [1.54, 1.807) is 6.92 Å². The van der Waals surface area contributed by atoms with E-state index in [-0.39, 0.29) is 0 Å². The largest absolute Gasteiger partial charge is 0.431 e. The van der Waals surface area contributed by atoms with Crippen LogP contribution in [0.2, 0.25) is 0 Å². The van der Waals surface area contributed by atoms with Gasteiger partial charge >= 0.3 is 0 Å². The lowest BCUT2D eigenvalue weighted by atomic mass is 10.3. The molecule has 0 unspecified atom stereocenters. The van der Waals surface area contributed by atoms with Crippen LogP contribution in [0.4, 0.5) is 0 Å². The lowest BCUT2D eigenvalue weighted by Gasteiger charge is -1.99. The number of hydrogen-bond donors (Lipinski definition) is 1. The van der Waals surface area contributed by atoms with Crippen molar-refractivity contribution in [3.05, 3.63) is 0 Å². The Morgan fingerprint density at radius 1 is 1.50 bits per heavy atom. The third kappa shape index (κ3) is 7.32. The number of ether oxygens (including phenoxy) is 1. The Kier molecular flexibility index (Phi) is 7.75. The van der Waals surface area contributed by atoms with E-state index < -0.39 is 0 Å². The molecule has 2 nitrogen and oxygen atoms in total. The molecule has 0 rings (SSSR count). The van der Waals surface area contributed by atoms with Gasteiger partial charge in [0.25, 0.3) is 0 Å². The average molecular weight is 141 g/mol. The summed E-state index contributed by atoms with van der Waals surface area (Å²) in [5.41, 5.74) is 0. The van der Waals surface area contributed by atoms with Crippen molar-refractivity contribution in [2.24, 2.45) is 0 Å². The fourth-order valence-electron chi connectivity index (χ4n) is 0.533. The van der Waals surface area contributed by atoms with E-state index in [1.165, 1.54) is 12.8 Å². The average Bonchev–Trinajstić information content (AvgIpc) is 1.97. The molecule has 10 heavy (non-hydrogen) atoms. The van der Waals surface area contributed by atoms with E-state index in [0.717, 1.165) is 6.54 Å². The van der Waals surface area contributed by atoms with Gasteiger partial charge in [0.15, 0.2) is 6.73 Å². The highest BCUT2D eigenvalue weighted by atomic mass is 16.5. The second kappa shape index (κ2) is 8.32. The molecule has 0 aromatic heterocycles. The van der Waals surface area contributed by atoms with Crippen LogP contribution in [0.25, 0.3) is 0 Å². The smallest absolute Gasteiger partial charge is 0.151 e. The van der Waals surface area contributed by atoms with Gasteiger partial charge in [-0.05, 0) is 13.0 Å². The van der Waals surface area contributed by atoms with Gasteiger partial charge in [0.1, 0.15) is 6.11 Å². The molecule has 0 fully saturated rings. The second-order valence-corrected chi connectivity index (χ2v) is 1.99. The van der Waals surface area contributed by atoms with Crippen molar-refractivity contribution in [2.45, 2.75) is 26.7 Å². The Morgan fingerprint density at radius 2 is 2.30 bits per heavy atom. The maximum atomic E-state index is 4.86. The summed E-state index contributed by atoms with van der Waals surface area (Å²) >= 11 is 0. The molecule has 58 valence electrons. The van der Waals surface area contributed by atoms with Crippen molar-refractivity contribution in [2.75, 3.05) is 13.3 Å². The number of unbranched alkanes of at least 4 members (excludes halogenated alkanes) is 1. The molecule has 0 saturated carbocycles. The molecule has 0 saturated heterocycles. The summed E-state index contributed by atoms with van der Waals surface area (Å²) < 4.78 is 4.86. The van der Waals surface area contributed by atoms with Crippen LogP contribution in [-0.4, -0.2) is 13.3 Å². The fraction of sp³-hybridized carbons (Fsp3) is 0.750. The SMILES string of the molecule is CC#COCNCCCC. The summed E-state index contributed by atoms with van der Waals surface area (Å²) in [6.45, 7) is 5.48. The molecular weight excluding hydrogens is 126 g/mol. The van der Waals surface area contributed by atoms with E-state index in [4.69, 9.17) is 4.74 Å². The van der Waals surface area contributed by atoms with Gasteiger partial charge in [-0.2, -0.15) is 0 Å². The molecule has 0 aromatic rings. The fourth-order valence-corrected chi connectivity index (χ4v) is 0.533. The molecule has 0 bridgehead atoms. The quantitative estimate of drug-likeness (QED) is 0.354. The third-order valence-electron chi connectivity index (χ3n) is 1.06. The Bertz CT molecular complexity index is 112. The molecule has 0 amide bonds. The van der Waals surface area contributed by atoms with Gasteiger partial charge in [-0.3, -0.25) is 5.32 Å². The van der Waals surface area contributed by atoms with E-state index in [0.29, 0.717) is 6.73 Å². The first-order valence-corrected chi connectivity index (χ1v) is 3.66. The molecule has 0 radical (unpaired) electrons. The van der Waals surface area contributed by atoms with Crippen molar-refractivity contribution >= 4 is 0 Å². The van der Waals surface area contributed by atoms with Gasteiger partial charge in [-0.15, -0.1) is 0 Å². The highest BCUT2D eigenvalue weighted by molar-refractivity contribution is 4.84. The van der Waals surface area contributed by atoms with Gasteiger partial charge in [-0.1, -0.05) is 19.3 Å². The van der Waals surface area contributed by atoms with Gasteiger partial charge < -0.3 is 4.74 Å². The third-order valence-corrected chi connectivity index (χ3v) is 1.06. The summed E-state index contributed by atoms with van der Waals surface area (Å²) in [7, 11) is 0. The number of hydrogen-bond acceptors (Lipinski definition) is 2. The minimum Gasteiger partial charge on any atom is -0.431 e. The van der Waals surface area contributed by atoms with E-state index in [2.05, 4.69) is 24.3 Å². The first kappa shape index (κ1) is 9.32. The highest BCUT2D eigenvalue weighted by Gasteiger charge is 1.82. The van der Waals surface area contributed by atoms with Crippen LogP contribution in [0.1, 0.15) is 26.7 Å². The first-order valence-electron chi connectivity index (χ1n) is 3.66. The van der Waals surface area contributed by atoms with Crippen LogP contribution < -0.4 is 5.32 Å². The van der Waals surface area contributed by atoms with Crippen molar-refractivity contribution in [1.29, 1.82) is 0 Å².